The number of quaternary nitrogens is 1. The Hall–Kier alpha value is -1.21. The summed E-state index contributed by atoms with van der Waals surface area (Å²) in [6.45, 7) is 3.98. The second-order valence-electron chi connectivity index (χ2n) is 11.5. The molecule has 32 heavy (non-hydrogen) atoms. The topological polar surface area (TPSA) is 77.8 Å². The van der Waals surface area contributed by atoms with Crippen LogP contribution in [0.3, 0.4) is 0 Å². The predicted molar refractivity (Wildman–Crippen MR) is 116 cm³/mol. The lowest BCUT2D eigenvalue weighted by molar-refractivity contribution is -0.614. The third kappa shape index (κ3) is 4.31. The van der Waals surface area contributed by atoms with E-state index in [9.17, 15) is 23.1 Å². The number of ketones is 1. The number of Topliss-reactive ketones (excluding diaryl/α,β-unsaturated/α-hetero) is 1. The van der Waals surface area contributed by atoms with Gasteiger partial charge in [0.05, 0.1) is 5.60 Å². The minimum atomic E-state index is -4.54. The summed E-state index contributed by atoms with van der Waals surface area (Å²) in [5, 5.41) is 18.5. The summed E-state index contributed by atoms with van der Waals surface area (Å²) in [6, 6.07) is 0. The summed E-state index contributed by atoms with van der Waals surface area (Å²) in [7, 11) is 0. The van der Waals surface area contributed by atoms with E-state index in [1.54, 1.807) is 0 Å². The number of allylic oxidation sites excluding steroid dienone is 2. The largest absolute Gasteiger partial charge is 0.466 e. The average molecular weight is 456 g/mol. The number of hydrogen-bond donors (Lipinski definition) is 3. The minimum Gasteiger partial charge on any atom is -0.390 e. The Balaban J connectivity index is 1.43. The van der Waals surface area contributed by atoms with Crippen LogP contribution in [0, 0.1) is 46.3 Å². The Morgan fingerprint density at radius 2 is 1.78 bits per heavy atom. The first-order valence-corrected chi connectivity index (χ1v) is 12.3. The van der Waals surface area contributed by atoms with Gasteiger partial charge in [-0.15, -0.1) is 0 Å². The van der Waals surface area contributed by atoms with E-state index in [0.29, 0.717) is 35.8 Å². The van der Waals surface area contributed by atoms with Crippen molar-refractivity contribution in [2.75, 3.05) is 6.54 Å². The molecule has 0 amide bonds. The van der Waals surface area contributed by atoms with Gasteiger partial charge in [0.15, 0.2) is 5.78 Å². The molecule has 4 fully saturated rings. The van der Waals surface area contributed by atoms with Crippen molar-refractivity contribution in [1.29, 1.82) is 5.41 Å². The van der Waals surface area contributed by atoms with Gasteiger partial charge in [-0.3, -0.25) is 4.79 Å². The van der Waals surface area contributed by atoms with E-state index in [0.717, 1.165) is 69.2 Å². The highest BCUT2D eigenvalue weighted by Gasteiger charge is 2.59. The van der Waals surface area contributed by atoms with Crippen LogP contribution < -0.4 is 5.32 Å². The van der Waals surface area contributed by atoms with E-state index >= 15 is 0 Å². The number of fused-ring (bicyclic) bond motifs is 5. The van der Waals surface area contributed by atoms with Gasteiger partial charge in [0.25, 0.3) is 0 Å². The van der Waals surface area contributed by atoms with Gasteiger partial charge < -0.3 is 15.8 Å². The fourth-order valence-corrected chi connectivity index (χ4v) is 8.33. The third-order valence-electron chi connectivity index (χ3n) is 9.74. The third-order valence-corrected chi connectivity index (χ3v) is 9.74. The van der Waals surface area contributed by atoms with E-state index in [1.807, 2.05) is 6.92 Å². The summed E-state index contributed by atoms with van der Waals surface area (Å²) in [5.41, 5.74) is -1.54. The van der Waals surface area contributed by atoms with Gasteiger partial charge in [0, 0.05) is 18.2 Å². The molecule has 0 aromatic carbocycles. The van der Waals surface area contributed by atoms with Crippen molar-refractivity contribution in [1.82, 2.24) is 0 Å². The zero-order valence-electron chi connectivity index (χ0n) is 19.3. The number of carbonyl (C=O) groups excluding carboxylic acids is 1. The van der Waals surface area contributed by atoms with Crippen molar-refractivity contribution in [2.24, 2.45) is 40.9 Å². The molecule has 0 aliphatic heterocycles. The monoisotopic (exact) mass is 455 g/mol. The molecule has 0 heterocycles. The highest BCUT2D eigenvalue weighted by Crippen LogP contribution is 2.64. The Bertz CT molecular complexity index is 778. The Kier molecular flexibility index (Phi) is 6.38. The van der Waals surface area contributed by atoms with Crippen LogP contribution >= 0.6 is 0 Å². The second-order valence-corrected chi connectivity index (χ2v) is 11.5. The maximum Gasteiger partial charge on any atom is 0.466 e. The fourth-order valence-electron chi connectivity index (χ4n) is 8.33. The van der Waals surface area contributed by atoms with Crippen molar-refractivity contribution in [3.63, 3.8) is 0 Å². The van der Waals surface area contributed by atoms with Crippen LogP contribution in [0.5, 0.6) is 0 Å². The first-order chi connectivity index (χ1) is 15.0. The first-order valence-electron chi connectivity index (χ1n) is 12.3. The van der Waals surface area contributed by atoms with Crippen molar-refractivity contribution in [3.05, 3.63) is 11.8 Å². The molecule has 180 valence electrons. The molecular formula is C25H38F3N2O2+. The first kappa shape index (κ1) is 23.9. The maximum atomic E-state index is 13.1. The standard InChI is InChI=1S/C25H37F3N2O2/c1-23(32)10-7-16-15(13-23)3-4-18-17(16)8-11-24(2)19(18)5-6-20(24)21(31)14-30-22(9-12-29)25(26,27)28/h9,12,15-20,29-30,32H,3-8,10-11,13-14H2,1-2H3/p+1/b22-9-,29-12?/t15-,16+,17-,18-,19+,20-,23-,24+/m1/s1. The molecule has 4 aliphatic rings. The minimum absolute atomic E-state index is 0.0732. The number of carbonyl (C=O) groups is 1. The summed E-state index contributed by atoms with van der Waals surface area (Å²) in [5.74, 6) is 2.83. The summed E-state index contributed by atoms with van der Waals surface area (Å²) < 4.78 is 39.4. The SMILES string of the molecule is C[C@@]1(O)CC[C@H]2[C@H](CC[C@@H]3[C@@H]2CC[C@]2(C)[C@@H](C(=O)C[NH2+]/C(=C\C=N)C(F)(F)F)CC[C@@H]32)C1. The predicted octanol–water partition coefficient (Wildman–Crippen LogP) is 4.23. The van der Waals surface area contributed by atoms with Crippen molar-refractivity contribution >= 4 is 12.0 Å². The quantitative estimate of drug-likeness (QED) is 0.543. The van der Waals surface area contributed by atoms with Crippen LogP contribution in [0.15, 0.2) is 11.8 Å². The molecule has 0 spiro atoms. The number of hydrogen-bond acceptors (Lipinski definition) is 3. The lowest BCUT2D eigenvalue weighted by Gasteiger charge is -2.56. The number of halogens is 3. The molecule has 4 saturated carbocycles. The summed E-state index contributed by atoms with van der Waals surface area (Å²) in [6.07, 6.45) is 5.89. The summed E-state index contributed by atoms with van der Waals surface area (Å²) >= 11 is 0. The lowest BCUT2D eigenvalue weighted by Crippen LogP contribution is -2.86. The number of alkyl halides is 3. The lowest BCUT2D eigenvalue weighted by atomic mass is 9.49. The van der Waals surface area contributed by atoms with Gasteiger partial charge in [-0.1, -0.05) is 6.92 Å². The molecule has 0 radical (unpaired) electrons. The molecule has 4 rings (SSSR count). The van der Waals surface area contributed by atoms with E-state index in [4.69, 9.17) is 5.41 Å². The number of nitrogens with two attached hydrogens (primary N) is 1. The van der Waals surface area contributed by atoms with E-state index < -0.39 is 17.5 Å². The fraction of sp³-hybridized carbons (Fsp3) is 0.840. The van der Waals surface area contributed by atoms with Crippen LogP contribution in [0.2, 0.25) is 0 Å². The van der Waals surface area contributed by atoms with Crippen molar-refractivity contribution < 1.29 is 28.4 Å². The zero-order chi connectivity index (χ0) is 23.3. The molecule has 0 bridgehead atoms. The average Bonchev–Trinajstić information content (AvgIpc) is 3.06. The molecular weight excluding hydrogens is 417 g/mol. The smallest absolute Gasteiger partial charge is 0.390 e. The normalized spacial score (nSPS) is 44.4. The Morgan fingerprint density at radius 1 is 1.06 bits per heavy atom. The van der Waals surface area contributed by atoms with Crippen molar-refractivity contribution in [2.45, 2.75) is 83.4 Å². The summed E-state index contributed by atoms with van der Waals surface area (Å²) in [4.78, 5) is 13.1. The van der Waals surface area contributed by atoms with Gasteiger partial charge in [-0.05, 0) is 99.7 Å². The van der Waals surface area contributed by atoms with Crippen LogP contribution in [-0.2, 0) is 4.79 Å². The molecule has 0 aromatic heterocycles. The highest BCUT2D eigenvalue weighted by molar-refractivity contribution is 5.83. The Morgan fingerprint density at radius 3 is 2.47 bits per heavy atom. The van der Waals surface area contributed by atoms with Gasteiger partial charge in [0.2, 0.25) is 5.70 Å². The van der Waals surface area contributed by atoms with Crippen LogP contribution in [0.25, 0.3) is 0 Å². The molecule has 0 unspecified atom stereocenters. The van der Waals surface area contributed by atoms with Gasteiger partial charge in [-0.25, -0.2) is 0 Å². The second kappa shape index (κ2) is 8.53. The number of rotatable bonds is 5. The van der Waals surface area contributed by atoms with Crippen LogP contribution in [0.4, 0.5) is 13.2 Å². The van der Waals surface area contributed by atoms with Gasteiger partial charge in [-0.2, -0.15) is 13.2 Å². The molecule has 0 aromatic rings. The highest BCUT2D eigenvalue weighted by atomic mass is 19.4. The van der Waals surface area contributed by atoms with Gasteiger partial charge >= 0.3 is 6.18 Å². The Labute approximate surface area is 188 Å². The van der Waals surface area contributed by atoms with Crippen LogP contribution in [0.1, 0.15) is 71.6 Å². The molecule has 7 heteroatoms. The van der Waals surface area contributed by atoms with E-state index in [2.05, 4.69) is 6.92 Å². The number of nitrogens with one attached hydrogen (secondary N) is 1. The maximum absolute atomic E-state index is 13.1. The van der Waals surface area contributed by atoms with Crippen molar-refractivity contribution in [3.8, 4) is 0 Å². The molecule has 4 aliphatic carbocycles. The number of aliphatic hydroxyl groups is 1. The molecule has 4 nitrogen and oxygen atoms in total. The van der Waals surface area contributed by atoms with E-state index in [1.165, 1.54) is 0 Å². The molecule has 0 saturated heterocycles. The van der Waals surface area contributed by atoms with Crippen LogP contribution in [-0.4, -0.2) is 35.4 Å². The molecule has 8 atom stereocenters. The zero-order valence-corrected chi connectivity index (χ0v) is 19.3. The molecule has 4 N–H and O–H groups in total. The van der Waals surface area contributed by atoms with Gasteiger partial charge in [0.1, 0.15) is 6.54 Å². The van der Waals surface area contributed by atoms with E-state index in [-0.39, 0.29) is 23.7 Å².